The van der Waals surface area contributed by atoms with Gasteiger partial charge in [-0.1, -0.05) is 48.0 Å². The van der Waals surface area contributed by atoms with E-state index in [9.17, 15) is 43.5 Å². The fourth-order valence-corrected chi connectivity index (χ4v) is 4.17. The first-order valence-corrected chi connectivity index (χ1v) is 15.2. The van der Waals surface area contributed by atoms with E-state index < -0.39 is 96.5 Å². The average molecular weight is 658 g/mol. The van der Waals surface area contributed by atoms with Gasteiger partial charge in [-0.15, -0.1) is 0 Å². The highest BCUT2D eigenvalue weighted by atomic mass is 16.4. The predicted molar refractivity (Wildman–Crippen MR) is 165 cm³/mol. The number of carbonyl (C=O) groups excluding carboxylic acids is 6. The second-order valence-electron chi connectivity index (χ2n) is 12.3. The minimum atomic E-state index is -1.76. The molecular weight excluding hydrogens is 606 g/mol. The summed E-state index contributed by atoms with van der Waals surface area (Å²) in [6, 6.07) is -8.10. The number of carboxylic acid groups (broad SMARTS) is 2. The third kappa shape index (κ3) is 15.6. The zero-order chi connectivity index (χ0) is 35.9. The lowest BCUT2D eigenvalue weighted by molar-refractivity contribution is -0.142. The Morgan fingerprint density at radius 3 is 1.33 bits per heavy atom. The number of nitrogens with one attached hydrogen (secondary N) is 5. The van der Waals surface area contributed by atoms with Crippen molar-refractivity contribution in [1.82, 2.24) is 26.6 Å². The zero-order valence-electron chi connectivity index (χ0n) is 27.5. The van der Waals surface area contributed by atoms with Crippen LogP contribution in [0.5, 0.6) is 0 Å². The van der Waals surface area contributed by atoms with Gasteiger partial charge in [0.15, 0.2) is 0 Å². The van der Waals surface area contributed by atoms with Crippen LogP contribution in [-0.4, -0.2) is 93.8 Å². The number of nitrogens with two attached hydrogens (primary N) is 2. The molecule has 0 aliphatic heterocycles. The molecule has 0 saturated carbocycles. The molecule has 46 heavy (non-hydrogen) atoms. The van der Waals surface area contributed by atoms with Crippen molar-refractivity contribution in [2.75, 3.05) is 0 Å². The number of primary amides is 1. The molecule has 6 amide bonds. The van der Waals surface area contributed by atoms with Crippen molar-refractivity contribution >= 4 is 47.4 Å². The standard InChI is InChI=1S/C29H51N7O10/c1-8-15(6)23(31)28(44)36-18(10-14(4)5)25(41)35-20(12-22(38)39)27(43)34-19(11-21(30)37)26(42)33-17(9-13(2)3)24(40)32-16(7)29(45)46/h13-20,23H,8-12,31H2,1-7H3,(H2,30,37)(H,32,40)(H,33,42)(H,34,43)(H,35,41)(H,36,44)(H,38,39)(H,45,46)/t15-,16-,17-,18-,19-,20-,23-/m0/s1. The van der Waals surface area contributed by atoms with Crippen LogP contribution in [0, 0.1) is 17.8 Å². The van der Waals surface area contributed by atoms with E-state index in [0.717, 1.165) is 0 Å². The molecule has 0 spiro atoms. The first-order valence-electron chi connectivity index (χ1n) is 15.2. The SMILES string of the molecule is CC[C@H](C)[C@H](N)C(=O)N[C@@H](CC(C)C)C(=O)N[C@@H](CC(=O)O)C(=O)N[C@@H](CC(N)=O)C(=O)N[C@@H](CC(C)C)C(=O)N[C@@H](C)C(=O)O. The van der Waals surface area contributed by atoms with Crippen LogP contribution < -0.4 is 38.1 Å². The Kier molecular flexibility index (Phi) is 18.1. The van der Waals surface area contributed by atoms with E-state index in [1.54, 1.807) is 34.6 Å². The molecule has 262 valence electrons. The zero-order valence-corrected chi connectivity index (χ0v) is 27.5. The smallest absolute Gasteiger partial charge is 0.325 e. The molecule has 0 aromatic rings. The topological polar surface area (TPSA) is 289 Å². The minimum Gasteiger partial charge on any atom is -0.481 e. The van der Waals surface area contributed by atoms with Crippen molar-refractivity contribution < 1.29 is 48.6 Å². The predicted octanol–water partition coefficient (Wildman–Crippen LogP) is -1.67. The molecule has 17 heteroatoms. The normalized spacial score (nSPS) is 15.7. The Balaban J connectivity index is 6.09. The second-order valence-corrected chi connectivity index (χ2v) is 12.3. The lowest BCUT2D eigenvalue weighted by Crippen LogP contribution is -2.60. The van der Waals surface area contributed by atoms with Gasteiger partial charge >= 0.3 is 11.9 Å². The fraction of sp³-hybridized carbons (Fsp3) is 0.724. The first-order chi connectivity index (χ1) is 21.2. The Labute approximate surface area is 268 Å². The van der Waals surface area contributed by atoms with Gasteiger partial charge in [0.25, 0.3) is 0 Å². The lowest BCUT2D eigenvalue weighted by Gasteiger charge is -2.27. The van der Waals surface area contributed by atoms with Crippen LogP contribution in [0.25, 0.3) is 0 Å². The Morgan fingerprint density at radius 2 is 0.957 bits per heavy atom. The van der Waals surface area contributed by atoms with Crippen molar-refractivity contribution in [3.63, 3.8) is 0 Å². The molecule has 0 fully saturated rings. The molecule has 0 unspecified atom stereocenters. The van der Waals surface area contributed by atoms with Crippen LogP contribution >= 0.6 is 0 Å². The molecule has 17 nitrogen and oxygen atoms in total. The van der Waals surface area contributed by atoms with Gasteiger partial charge in [0.1, 0.15) is 30.2 Å². The molecule has 0 aliphatic carbocycles. The number of hydrogen-bond acceptors (Lipinski definition) is 9. The molecule has 0 aromatic carbocycles. The highest BCUT2D eigenvalue weighted by Gasteiger charge is 2.34. The van der Waals surface area contributed by atoms with Gasteiger partial charge in [0, 0.05) is 0 Å². The maximum absolute atomic E-state index is 13.3. The van der Waals surface area contributed by atoms with Gasteiger partial charge < -0.3 is 48.3 Å². The fourth-order valence-electron chi connectivity index (χ4n) is 4.17. The van der Waals surface area contributed by atoms with E-state index in [1.807, 2.05) is 6.92 Å². The molecule has 0 aliphatic rings. The van der Waals surface area contributed by atoms with E-state index in [4.69, 9.17) is 16.6 Å². The quantitative estimate of drug-likeness (QED) is 0.0672. The van der Waals surface area contributed by atoms with E-state index in [1.165, 1.54) is 6.92 Å². The minimum absolute atomic E-state index is 0.0580. The monoisotopic (exact) mass is 657 g/mol. The summed E-state index contributed by atoms with van der Waals surface area (Å²) in [4.78, 5) is 99.8. The third-order valence-corrected chi connectivity index (χ3v) is 7.02. The maximum Gasteiger partial charge on any atom is 0.325 e. The molecule has 0 aromatic heterocycles. The Morgan fingerprint density at radius 1 is 0.587 bits per heavy atom. The molecule has 0 radical (unpaired) electrons. The van der Waals surface area contributed by atoms with E-state index in [0.29, 0.717) is 6.42 Å². The summed E-state index contributed by atoms with van der Waals surface area (Å²) >= 11 is 0. The van der Waals surface area contributed by atoms with Crippen LogP contribution in [0.2, 0.25) is 0 Å². The number of amides is 6. The summed E-state index contributed by atoms with van der Waals surface area (Å²) in [6.07, 6.45) is -0.906. The van der Waals surface area contributed by atoms with Gasteiger partial charge in [-0.25, -0.2) is 0 Å². The molecule has 0 rings (SSSR count). The summed E-state index contributed by atoms with van der Waals surface area (Å²) in [6.45, 7) is 11.9. The van der Waals surface area contributed by atoms with Gasteiger partial charge in [-0.05, 0) is 37.5 Å². The number of rotatable bonds is 21. The van der Waals surface area contributed by atoms with Crippen molar-refractivity contribution in [1.29, 1.82) is 0 Å². The summed E-state index contributed by atoms with van der Waals surface area (Å²) in [5, 5.41) is 30.3. The maximum atomic E-state index is 13.3. The molecule has 0 saturated heterocycles. The van der Waals surface area contributed by atoms with Crippen LogP contribution in [-0.2, 0) is 38.4 Å². The van der Waals surface area contributed by atoms with E-state index in [2.05, 4.69) is 26.6 Å². The van der Waals surface area contributed by atoms with Gasteiger partial charge in [-0.3, -0.25) is 38.4 Å². The van der Waals surface area contributed by atoms with Crippen molar-refractivity contribution in [2.24, 2.45) is 29.2 Å². The van der Waals surface area contributed by atoms with E-state index in [-0.39, 0.29) is 30.6 Å². The highest BCUT2D eigenvalue weighted by molar-refractivity contribution is 5.98. The van der Waals surface area contributed by atoms with E-state index >= 15 is 0 Å². The lowest BCUT2D eigenvalue weighted by atomic mass is 9.97. The Bertz CT molecular complexity index is 1110. The van der Waals surface area contributed by atoms with Crippen LogP contribution in [0.15, 0.2) is 0 Å². The molecule has 7 atom stereocenters. The summed E-state index contributed by atoms with van der Waals surface area (Å²) in [7, 11) is 0. The molecular formula is C29H51N7O10. The van der Waals surface area contributed by atoms with Crippen LogP contribution in [0.3, 0.4) is 0 Å². The van der Waals surface area contributed by atoms with Crippen LogP contribution in [0.4, 0.5) is 0 Å². The highest BCUT2D eigenvalue weighted by Crippen LogP contribution is 2.11. The van der Waals surface area contributed by atoms with Crippen molar-refractivity contribution in [3.8, 4) is 0 Å². The number of hydrogen-bond donors (Lipinski definition) is 9. The third-order valence-electron chi connectivity index (χ3n) is 7.02. The second kappa shape index (κ2) is 20.0. The molecule has 0 bridgehead atoms. The van der Waals surface area contributed by atoms with Crippen LogP contribution in [0.1, 0.15) is 80.6 Å². The average Bonchev–Trinajstić information content (AvgIpc) is 2.93. The summed E-state index contributed by atoms with van der Waals surface area (Å²) in [5.74, 6) is -8.81. The number of carboxylic acids is 2. The molecule has 0 heterocycles. The van der Waals surface area contributed by atoms with Gasteiger partial charge in [0.2, 0.25) is 35.4 Å². The van der Waals surface area contributed by atoms with Crippen molar-refractivity contribution in [2.45, 2.75) is 117 Å². The van der Waals surface area contributed by atoms with Gasteiger partial charge in [0.05, 0.1) is 18.9 Å². The molecule has 11 N–H and O–H groups in total. The van der Waals surface area contributed by atoms with Crippen molar-refractivity contribution in [3.05, 3.63) is 0 Å². The summed E-state index contributed by atoms with van der Waals surface area (Å²) in [5.41, 5.74) is 11.3. The van der Waals surface area contributed by atoms with Gasteiger partial charge in [-0.2, -0.15) is 0 Å². The Hall–Kier alpha value is -4.28. The largest absolute Gasteiger partial charge is 0.481 e. The number of carbonyl (C=O) groups is 8. The summed E-state index contributed by atoms with van der Waals surface area (Å²) < 4.78 is 0. The number of aliphatic carboxylic acids is 2. The first kappa shape index (κ1) is 41.7.